The van der Waals surface area contributed by atoms with Gasteiger partial charge in [0.25, 0.3) is 0 Å². The van der Waals surface area contributed by atoms with Gasteiger partial charge in [-0.1, -0.05) is 65.7 Å². The van der Waals surface area contributed by atoms with Crippen molar-refractivity contribution < 1.29 is 14.3 Å². The Labute approximate surface area is 207 Å². The van der Waals surface area contributed by atoms with E-state index in [-0.39, 0.29) is 5.78 Å². The molecule has 0 aliphatic carbocycles. The minimum atomic E-state index is -0.565. The van der Waals surface area contributed by atoms with Crippen LogP contribution in [0.1, 0.15) is 15.9 Å². The van der Waals surface area contributed by atoms with Crippen molar-refractivity contribution in [2.45, 2.75) is 0 Å². The van der Waals surface area contributed by atoms with Crippen LogP contribution in [0.2, 0.25) is 10.0 Å². The van der Waals surface area contributed by atoms with Gasteiger partial charge in [0.05, 0.1) is 11.4 Å². The summed E-state index contributed by atoms with van der Waals surface area (Å²) in [6.07, 6.45) is 2.42. The Balaban J connectivity index is 1.50. The van der Waals surface area contributed by atoms with E-state index in [4.69, 9.17) is 27.9 Å². The zero-order valence-corrected chi connectivity index (χ0v) is 19.4. The molecule has 34 heavy (non-hydrogen) atoms. The summed E-state index contributed by atoms with van der Waals surface area (Å²) < 4.78 is 5.60. The maximum Gasteiger partial charge on any atom is 0.424 e. The van der Waals surface area contributed by atoms with Crippen molar-refractivity contribution in [3.8, 4) is 5.75 Å². The third-order valence-electron chi connectivity index (χ3n) is 4.96. The highest BCUT2D eigenvalue weighted by Crippen LogP contribution is 2.28. The summed E-state index contributed by atoms with van der Waals surface area (Å²) in [4.78, 5) is 27.1. The number of amides is 1. The van der Waals surface area contributed by atoms with Crippen LogP contribution in [0.15, 0.2) is 109 Å². The molecule has 0 aromatic heterocycles. The lowest BCUT2D eigenvalue weighted by Crippen LogP contribution is -2.29. The van der Waals surface area contributed by atoms with Crippen LogP contribution in [0.5, 0.6) is 5.75 Å². The number of anilines is 2. The Morgan fingerprint density at radius 3 is 1.74 bits per heavy atom. The second-order valence-corrected chi connectivity index (χ2v) is 8.05. The quantitative estimate of drug-likeness (QED) is 0.203. The molecule has 1 amide bonds. The molecule has 0 aliphatic rings. The van der Waals surface area contributed by atoms with Crippen molar-refractivity contribution in [1.29, 1.82) is 0 Å². The molecule has 0 radical (unpaired) electrons. The number of ether oxygens (including phenoxy) is 1. The van der Waals surface area contributed by atoms with Gasteiger partial charge in [-0.15, -0.1) is 0 Å². The Hall–Kier alpha value is -3.86. The molecule has 0 unspecified atom stereocenters. The van der Waals surface area contributed by atoms with E-state index in [1.165, 1.54) is 11.0 Å². The molecule has 0 bridgehead atoms. The Morgan fingerprint density at radius 1 is 0.676 bits per heavy atom. The average molecular weight is 488 g/mol. The third kappa shape index (κ3) is 5.54. The van der Waals surface area contributed by atoms with Crippen LogP contribution in [-0.4, -0.2) is 11.9 Å². The van der Waals surface area contributed by atoms with E-state index in [1.54, 1.807) is 48.5 Å². The van der Waals surface area contributed by atoms with Crippen LogP contribution < -0.4 is 9.64 Å². The molecule has 4 nitrogen and oxygen atoms in total. The number of carbonyl (C=O) groups excluding carboxylic acids is 2. The van der Waals surface area contributed by atoms with Gasteiger partial charge in [0.1, 0.15) is 5.75 Å². The number of carbonyl (C=O) groups is 2. The average Bonchev–Trinajstić information content (AvgIpc) is 2.85. The van der Waals surface area contributed by atoms with Gasteiger partial charge in [0, 0.05) is 21.2 Å². The minimum absolute atomic E-state index is 0.232. The molecule has 0 atom stereocenters. The fourth-order valence-corrected chi connectivity index (χ4v) is 3.80. The van der Waals surface area contributed by atoms with E-state index < -0.39 is 6.09 Å². The molecule has 6 heteroatoms. The first kappa shape index (κ1) is 23.3. The zero-order chi connectivity index (χ0) is 23.9. The molecular weight excluding hydrogens is 469 g/mol. The fourth-order valence-electron chi connectivity index (χ4n) is 3.27. The van der Waals surface area contributed by atoms with Gasteiger partial charge in [-0.25, -0.2) is 9.69 Å². The maximum absolute atomic E-state index is 13.1. The van der Waals surface area contributed by atoms with Crippen LogP contribution in [0.3, 0.4) is 0 Å². The van der Waals surface area contributed by atoms with E-state index in [1.807, 2.05) is 60.7 Å². The Bertz CT molecular complexity index is 1260. The van der Waals surface area contributed by atoms with E-state index in [0.717, 1.165) is 0 Å². The smallest absolute Gasteiger partial charge is 0.410 e. The number of halogens is 2. The molecule has 0 saturated heterocycles. The first-order valence-electron chi connectivity index (χ1n) is 10.4. The van der Waals surface area contributed by atoms with Crippen molar-refractivity contribution in [3.63, 3.8) is 0 Å². The zero-order valence-electron chi connectivity index (χ0n) is 17.9. The highest BCUT2D eigenvalue weighted by molar-refractivity contribution is 6.37. The van der Waals surface area contributed by atoms with Gasteiger partial charge in [0.2, 0.25) is 0 Å². The summed E-state index contributed by atoms with van der Waals surface area (Å²) in [5, 5.41) is 0.917. The molecule has 4 aromatic rings. The van der Waals surface area contributed by atoms with Crippen LogP contribution >= 0.6 is 23.2 Å². The first-order chi connectivity index (χ1) is 16.5. The third-order valence-corrected chi connectivity index (χ3v) is 5.62. The van der Waals surface area contributed by atoms with Crippen molar-refractivity contribution in [1.82, 2.24) is 0 Å². The molecule has 0 aliphatic heterocycles. The summed E-state index contributed by atoms with van der Waals surface area (Å²) in [6.45, 7) is 0. The maximum atomic E-state index is 13.1. The van der Waals surface area contributed by atoms with Gasteiger partial charge in [-0.05, 0) is 72.8 Å². The van der Waals surface area contributed by atoms with Crippen molar-refractivity contribution >= 4 is 52.5 Å². The van der Waals surface area contributed by atoms with Gasteiger partial charge >= 0.3 is 6.09 Å². The standard InChI is InChI=1S/C28H19Cl2NO3/c29-25-12-7-13-26(30)24(25)18-19-27(32)20-14-16-23(17-15-20)34-28(33)31(21-8-3-1-4-9-21)22-10-5-2-6-11-22/h1-19H/b19-18+. The molecule has 0 N–H and O–H groups in total. The van der Waals surface area contributed by atoms with E-state index in [0.29, 0.717) is 38.3 Å². The number of para-hydroxylation sites is 2. The van der Waals surface area contributed by atoms with Crippen molar-refractivity contribution in [2.75, 3.05) is 4.90 Å². The Kier molecular flexibility index (Phi) is 7.43. The number of benzene rings is 4. The van der Waals surface area contributed by atoms with Crippen molar-refractivity contribution in [2.24, 2.45) is 0 Å². The Morgan fingerprint density at radius 2 is 1.21 bits per heavy atom. The molecule has 0 fully saturated rings. The van der Waals surface area contributed by atoms with E-state index in [2.05, 4.69) is 0 Å². The highest BCUT2D eigenvalue weighted by Gasteiger charge is 2.20. The summed E-state index contributed by atoms with van der Waals surface area (Å²) in [6, 6.07) is 30.0. The first-order valence-corrected chi connectivity index (χ1v) is 11.2. The predicted molar refractivity (Wildman–Crippen MR) is 137 cm³/mol. The van der Waals surface area contributed by atoms with Gasteiger partial charge < -0.3 is 4.74 Å². The summed E-state index contributed by atoms with van der Waals surface area (Å²) >= 11 is 12.3. The molecule has 0 saturated carbocycles. The normalized spacial score (nSPS) is 10.8. The van der Waals surface area contributed by atoms with Crippen LogP contribution in [0, 0.1) is 0 Å². The SMILES string of the molecule is O=C(/C=C/c1c(Cl)cccc1Cl)c1ccc(OC(=O)N(c2ccccc2)c2ccccc2)cc1. The van der Waals surface area contributed by atoms with E-state index >= 15 is 0 Å². The second-order valence-electron chi connectivity index (χ2n) is 7.23. The lowest BCUT2D eigenvalue weighted by Gasteiger charge is -2.22. The van der Waals surface area contributed by atoms with E-state index in [9.17, 15) is 9.59 Å². The van der Waals surface area contributed by atoms with Crippen LogP contribution in [-0.2, 0) is 0 Å². The molecule has 4 rings (SSSR count). The highest BCUT2D eigenvalue weighted by atomic mass is 35.5. The monoisotopic (exact) mass is 487 g/mol. The number of rotatable bonds is 6. The topological polar surface area (TPSA) is 46.6 Å². The molecule has 4 aromatic carbocycles. The summed E-state index contributed by atoms with van der Waals surface area (Å²) in [5.41, 5.74) is 2.36. The number of hydrogen-bond acceptors (Lipinski definition) is 3. The summed E-state index contributed by atoms with van der Waals surface area (Å²) in [7, 11) is 0. The van der Waals surface area contributed by atoms with Crippen LogP contribution in [0.4, 0.5) is 16.2 Å². The molecule has 0 heterocycles. The van der Waals surface area contributed by atoms with Gasteiger partial charge in [-0.2, -0.15) is 0 Å². The lowest BCUT2D eigenvalue weighted by molar-refractivity contribution is 0.104. The summed E-state index contributed by atoms with van der Waals surface area (Å²) in [5.74, 6) is 0.0839. The van der Waals surface area contributed by atoms with Crippen molar-refractivity contribution in [3.05, 3.63) is 130 Å². The molecular formula is C28H19Cl2NO3. The van der Waals surface area contributed by atoms with Gasteiger partial charge in [-0.3, -0.25) is 4.79 Å². The largest absolute Gasteiger partial charge is 0.424 e. The lowest BCUT2D eigenvalue weighted by atomic mass is 10.1. The molecule has 168 valence electrons. The minimum Gasteiger partial charge on any atom is -0.410 e. The predicted octanol–water partition coefficient (Wildman–Crippen LogP) is 8.23. The number of allylic oxidation sites excluding steroid dienone is 1. The fraction of sp³-hybridized carbons (Fsp3) is 0. The number of nitrogens with zero attached hydrogens (tertiary/aromatic N) is 1. The number of ketones is 1. The van der Waals surface area contributed by atoms with Crippen LogP contribution in [0.25, 0.3) is 6.08 Å². The number of hydrogen-bond donors (Lipinski definition) is 0. The second kappa shape index (κ2) is 10.8. The van der Waals surface area contributed by atoms with Gasteiger partial charge in [0.15, 0.2) is 5.78 Å². The molecule has 0 spiro atoms.